The molecule has 0 radical (unpaired) electrons. The fourth-order valence-corrected chi connectivity index (χ4v) is 0. The van der Waals surface area contributed by atoms with Crippen molar-refractivity contribution in [2.75, 3.05) is 42.3 Å². The first-order chi connectivity index (χ1) is 4.24. The summed E-state index contributed by atoms with van der Waals surface area (Å²) in [4.78, 5) is 0. The van der Waals surface area contributed by atoms with E-state index in [1.165, 1.54) is 0 Å². The largest absolute Gasteiger partial charge is 0.323 e. The summed E-state index contributed by atoms with van der Waals surface area (Å²) < 4.78 is 0. The highest BCUT2D eigenvalue weighted by Crippen LogP contribution is 0.987. The summed E-state index contributed by atoms with van der Waals surface area (Å²) in [6.07, 6.45) is 0. The Bertz CT molecular complexity index is 17.7. The Morgan fingerprint density at radius 3 is 0.500 bits per heavy atom. The molecule has 0 aliphatic carbocycles. The van der Waals surface area contributed by atoms with Gasteiger partial charge in [-0.25, -0.2) is 0 Å². The Hall–Kier alpha value is 0.412. The van der Waals surface area contributed by atoms with Crippen LogP contribution in [0.1, 0.15) is 0 Å². The van der Waals surface area contributed by atoms with Crippen LogP contribution >= 0.6 is 0 Å². The van der Waals surface area contributed by atoms with Gasteiger partial charge >= 0.3 is 0 Å². The third-order valence-electron chi connectivity index (χ3n) is 0. The molecular weight excluding hydrogens is 141 g/mol. The molecule has 0 aliphatic heterocycles. The van der Waals surface area contributed by atoms with Gasteiger partial charge in [0.2, 0.25) is 0 Å². The molecule has 0 amide bonds. The standard InChI is InChI=1S/3C2H7N.Al.3H/c3*1-3-2;;;;/h3*3H,1-2H3;;;;. The molecule has 0 heterocycles. The second kappa shape index (κ2) is 57.2. The van der Waals surface area contributed by atoms with Crippen LogP contribution in [0.2, 0.25) is 0 Å². The monoisotopic (exact) mass is 165 g/mol. The minimum atomic E-state index is 0. The van der Waals surface area contributed by atoms with Gasteiger partial charge in [0.25, 0.3) is 0 Å². The minimum absolute atomic E-state index is 0. The highest BCUT2D eigenvalue weighted by molar-refractivity contribution is 5.75. The molecule has 0 fully saturated rings. The average molecular weight is 165 g/mol. The molecule has 66 valence electrons. The molecule has 0 aliphatic rings. The van der Waals surface area contributed by atoms with Crippen LogP contribution in [0.15, 0.2) is 0 Å². The van der Waals surface area contributed by atoms with Gasteiger partial charge in [-0.3, -0.25) is 0 Å². The molecular formula is C6H24AlN3. The van der Waals surface area contributed by atoms with E-state index in [1.807, 2.05) is 42.3 Å². The zero-order chi connectivity index (χ0) is 8.12. The van der Waals surface area contributed by atoms with Crippen LogP contribution in [0.3, 0.4) is 0 Å². The Balaban J connectivity index is -0.0000000257. The lowest BCUT2D eigenvalue weighted by atomic mass is 11.3. The van der Waals surface area contributed by atoms with Crippen molar-refractivity contribution >= 4 is 17.4 Å². The molecule has 0 atom stereocenters. The Morgan fingerprint density at radius 2 is 0.500 bits per heavy atom. The van der Waals surface area contributed by atoms with Gasteiger partial charge in [0.1, 0.15) is 0 Å². The van der Waals surface area contributed by atoms with E-state index in [1.54, 1.807) is 0 Å². The van der Waals surface area contributed by atoms with Gasteiger partial charge < -0.3 is 16.0 Å². The average Bonchev–Trinajstić information content (AvgIpc) is 1.70. The van der Waals surface area contributed by atoms with E-state index in [2.05, 4.69) is 16.0 Å². The molecule has 0 rings (SSSR count). The van der Waals surface area contributed by atoms with Crippen molar-refractivity contribution in [1.29, 1.82) is 0 Å². The maximum Gasteiger partial charge on any atom is 0.187 e. The minimum Gasteiger partial charge on any atom is -0.323 e. The lowest BCUT2D eigenvalue weighted by Crippen LogP contribution is -1.89. The lowest BCUT2D eigenvalue weighted by Gasteiger charge is -1.59. The summed E-state index contributed by atoms with van der Waals surface area (Å²) in [6.45, 7) is 0. The fraction of sp³-hybridized carbons (Fsp3) is 1.00. The smallest absolute Gasteiger partial charge is 0.187 e. The summed E-state index contributed by atoms with van der Waals surface area (Å²) in [5.41, 5.74) is 0. The maximum atomic E-state index is 2.75. The van der Waals surface area contributed by atoms with E-state index in [-0.39, 0.29) is 17.4 Å². The number of nitrogens with one attached hydrogen (secondary N) is 3. The predicted octanol–water partition coefficient (Wildman–Crippen LogP) is -1.68. The normalized spacial score (nSPS) is 5.40. The highest BCUT2D eigenvalue weighted by atomic mass is 27.0. The summed E-state index contributed by atoms with van der Waals surface area (Å²) in [5.74, 6) is 0. The van der Waals surface area contributed by atoms with Crippen molar-refractivity contribution in [1.82, 2.24) is 16.0 Å². The van der Waals surface area contributed by atoms with E-state index >= 15 is 0 Å². The van der Waals surface area contributed by atoms with Crippen molar-refractivity contribution in [3.05, 3.63) is 0 Å². The third kappa shape index (κ3) is 2720. The molecule has 0 spiro atoms. The van der Waals surface area contributed by atoms with E-state index < -0.39 is 0 Å². The summed E-state index contributed by atoms with van der Waals surface area (Å²) in [7, 11) is 11.2. The third-order valence-corrected chi connectivity index (χ3v) is 0. The predicted molar refractivity (Wildman–Crippen MR) is 54.9 cm³/mol. The molecule has 4 heteroatoms. The molecule has 0 aromatic carbocycles. The van der Waals surface area contributed by atoms with E-state index in [0.717, 1.165) is 0 Å². The SMILES string of the molecule is CNC.CNC.CNC.[AlH3]. The molecule has 0 saturated heterocycles. The van der Waals surface area contributed by atoms with Gasteiger partial charge in [0.15, 0.2) is 17.4 Å². The van der Waals surface area contributed by atoms with Crippen molar-refractivity contribution in [2.24, 2.45) is 0 Å². The number of rotatable bonds is 0. The number of hydrogen-bond acceptors (Lipinski definition) is 3. The van der Waals surface area contributed by atoms with Crippen LogP contribution in [0.4, 0.5) is 0 Å². The molecule has 0 aromatic rings. The van der Waals surface area contributed by atoms with Gasteiger partial charge in [-0.2, -0.15) is 0 Å². The highest BCUT2D eigenvalue weighted by Gasteiger charge is 1.26. The van der Waals surface area contributed by atoms with E-state index in [9.17, 15) is 0 Å². The molecule has 10 heavy (non-hydrogen) atoms. The van der Waals surface area contributed by atoms with Crippen LogP contribution in [0, 0.1) is 0 Å². The van der Waals surface area contributed by atoms with Crippen LogP contribution in [-0.2, 0) is 0 Å². The van der Waals surface area contributed by atoms with E-state index in [4.69, 9.17) is 0 Å². The summed E-state index contributed by atoms with van der Waals surface area (Å²) in [6, 6.07) is 0. The molecule has 3 N–H and O–H groups in total. The zero-order valence-corrected chi connectivity index (χ0v) is 7.50. The van der Waals surface area contributed by atoms with Crippen molar-refractivity contribution in [3.8, 4) is 0 Å². The Labute approximate surface area is 76.1 Å². The fourth-order valence-electron chi connectivity index (χ4n) is 0. The van der Waals surface area contributed by atoms with Gasteiger partial charge in [-0.05, 0) is 42.3 Å². The molecule has 0 saturated carbocycles. The van der Waals surface area contributed by atoms with Crippen LogP contribution in [0.5, 0.6) is 0 Å². The van der Waals surface area contributed by atoms with Gasteiger partial charge in [0.05, 0.1) is 0 Å². The second-order valence-corrected chi connectivity index (χ2v) is 1.50. The van der Waals surface area contributed by atoms with Crippen LogP contribution in [0.25, 0.3) is 0 Å². The molecule has 0 unspecified atom stereocenters. The molecule has 0 bridgehead atoms. The molecule has 3 nitrogen and oxygen atoms in total. The second-order valence-electron chi connectivity index (χ2n) is 1.50. The van der Waals surface area contributed by atoms with Crippen LogP contribution < -0.4 is 16.0 Å². The van der Waals surface area contributed by atoms with Crippen molar-refractivity contribution in [2.45, 2.75) is 0 Å². The zero-order valence-electron chi connectivity index (χ0n) is 7.50. The van der Waals surface area contributed by atoms with Crippen molar-refractivity contribution in [3.63, 3.8) is 0 Å². The maximum absolute atomic E-state index is 2.75. The summed E-state index contributed by atoms with van der Waals surface area (Å²) >= 11 is 0. The summed E-state index contributed by atoms with van der Waals surface area (Å²) in [5, 5.41) is 8.25. The Morgan fingerprint density at radius 1 is 0.500 bits per heavy atom. The van der Waals surface area contributed by atoms with Gasteiger partial charge in [-0.15, -0.1) is 0 Å². The molecule has 0 aromatic heterocycles. The first kappa shape index (κ1) is 22.4. The first-order valence-corrected chi connectivity index (χ1v) is 3.00. The van der Waals surface area contributed by atoms with Gasteiger partial charge in [-0.1, -0.05) is 0 Å². The van der Waals surface area contributed by atoms with Crippen molar-refractivity contribution < 1.29 is 0 Å². The topological polar surface area (TPSA) is 36.1 Å². The van der Waals surface area contributed by atoms with Crippen LogP contribution in [-0.4, -0.2) is 59.6 Å². The lowest BCUT2D eigenvalue weighted by molar-refractivity contribution is 1.02. The number of hydrogen-bond donors (Lipinski definition) is 3. The quantitative estimate of drug-likeness (QED) is 0.375. The first-order valence-electron chi connectivity index (χ1n) is 3.00. The Kier molecular flexibility index (Phi) is 128. The van der Waals surface area contributed by atoms with Gasteiger partial charge in [0, 0.05) is 0 Å². The van der Waals surface area contributed by atoms with E-state index in [0.29, 0.717) is 0 Å².